The zero-order valence-corrected chi connectivity index (χ0v) is 16.3. The van der Waals surface area contributed by atoms with Gasteiger partial charge in [-0.15, -0.1) is 0 Å². The van der Waals surface area contributed by atoms with Crippen LogP contribution in [-0.4, -0.2) is 40.8 Å². The molecule has 0 spiro atoms. The second kappa shape index (κ2) is 9.71. The Balaban J connectivity index is 1.63. The first-order valence-corrected chi connectivity index (χ1v) is 9.43. The van der Waals surface area contributed by atoms with Gasteiger partial charge in [-0.1, -0.05) is 37.3 Å². The third-order valence-electron chi connectivity index (χ3n) is 4.35. The fourth-order valence-electron chi connectivity index (χ4n) is 3.09. The standard InChI is InChI=1S/C22H26N4O2/c1-3-13-25(17-22(27)24-20-11-7-8-12-21(20)28-2)15-18-14-23-26(16-18)19-9-5-4-6-10-19/h4-12,14,16H,3,13,15,17H2,1-2H3,(H,24,27). The molecule has 0 unspecified atom stereocenters. The summed E-state index contributed by atoms with van der Waals surface area (Å²) in [6.45, 7) is 3.91. The lowest BCUT2D eigenvalue weighted by Crippen LogP contribution is -2.33. The van der Waals surface area contributed by atoms with Crippen molar-refractivity contribution >= 4 is 11.6 Å². The lowest BCUT2D eigenvalue weighted by atomic mass is 10.2. The van der Waals surface area contributed by atoms with Crippen molar-refractivity contribution in [2.45, 2.75) is 19.9 Å². The number of aromatic nitrogens is 2. The number of amides is 1. The molecule has 3 rings (SSSR count). The number of ether oxygens (including phenoxy) is 1. The van der Waals surface area contributed by atoms with E-state index in [1.807, 2.05) is 71.7 Å². The summed E-state index contributed by atoms with van der Waals surface area (Å²) in [5.41, 5.74) is 2.77. The molecule has 0 aliphatic rings. The summed E-state index contributed by atoms with van der Waals surface area (Å²) in [6, 6.07) is 17.4. The summed E-state index contributed by atoms with van der Waals surface area (Å²) in [5.74, 6) is 0.593. The lowest BCUT2D eigenvalue weighted by molar-refractivity contribution is -0.117. The van der Waals surface area contributed by atoms with Crippen molar-refractivity contribution < 1.29 is 9.53 Å². The van der Waals surface area contributed by atoms with E-state index in [1.54, 1.807) is 7.11 Å². The van der Waals surface area contributed by atoms with E-state index in [0.29, 0.717) is 24.5 Å². The van der Waals surface area contributed by atoms with Gasteiger partial charge in [-0.3, -0.25) is 9.69 Å². The molecule has 0 saturated carbocycles. The molecule has 0 radical (unpaired) electrons. The molecule has 1 aromatic heterocycles. The smallest absolute Gasteiger partial charge is 0.238 e. The van der Waals surface area contributed by atoms with E-state index in [2.05, 4.69) is 22.2 Å². The summed E-state index contributed by atoms with van der Waals surface area (Å²) in [7, 11) is 1.60. The SMILES string of the molecule is CCCN(CC(=O)Nc1ccccc1OC)Cc1cnn(-c2ccccc2)c1. The molecule has 0 saturated heterocycles. The fourth-order valence-corrected chi connectivity index (χ4v) is 3.09. The molecule has 2 aromatic carbocycles. The highest BCUT2D eigenvalue weighted by atomic mass is 16.5. The maximum absolute atomic E-state index is 12.6. The molecule has 1 N–H and O–H groups in total. The average Bonchev–Trinajstić information content (AvgIpc) is 3.17. The Hall–Kier alpha value is -3.12. The molecule has 1 heterocycles. The normalized spacial score (nSPS) is 10.8. The Labute approximate surface area is 165 Å². The Morgan fingerprint density at radius 2 is 1.89 bits per heavy atom. The molecular formula is C22H26N4O2. The molecule has 3 aromatic rings. The molecule has 0 aliphatic carbocycles. The van der Waals surface area contributed by atoms with Crippen LogP contribution in [0.3, 0.4) is 0 Å². The number of rotatable bonds is 9. The maximum atomic E-state index is 12.6. The predicted molar refractivity (Wildman–Crippen MR) is 111 cm³/mol. The summed E-state index contributed by atoms with van der Waals surface area (Å²) in [5, 5.41) is 7.38. The quantitative estimate of drug-likeness (QED) is 0.616. The number of benzene rings is 2. The Bertz CT molecular complexity index is 892. The van der Waals surface area contributed by atoms with Gasteiger partial charge in [0.05, 0.1) is 31.2 Å². The van der Waals surface area contributed by atoms with Crippen LogP contribution in [0.2, 0.25) is 0 Å². The minimum atomic E-state index is -0.0617. The topological polar surface area (TPSA) is 59.4 Å². The molecule has 6 nitrogen and oxygen atoms in total. The zero-order valence-electron chi connectivity index (χ0n) is 16.3. The van der Waals surface area contributed by atoms with E-state index >= 15 is 0 Å². The van der Waals surface area contributed by atoms with Crippen LogP contribution in [0.15, 0.2) is 67.0 Å². The minimum Gasteiger partial charge on any atom is -0.495 e. The third-order valence-corrected chi connectivity index (χ3v) is 4.35. The Morgan fingerprint density at radius 1 is 1.14 bits per heavy atom. The zero-order chi connectivity index (χ0) is 19.8. The molecule has 0 atom stereocenters. The molecule has 6 heteroatoms. The van der Waals surface area contributed by atoms with Crippen molar-refractivity contribution in [3.8, 4) is 11.4 Å². The Kier molecular flexibility index (Phi) is 6.81. The number of nitrogens with zero attached hydrogens (tertiary/aromatic N) is 3. The summed E-state index contributed by atoms with van der Waals surface area (Å²) in [6.07, 6.45) is 4.83. The molecular weight excluding hydrogens is 352 g/mol. The van der Waals surface area contributed by atoms with Crippen LogP contribution in [0.1, 0.15) is 18.9 Å². The Morgan fingerprint density at radius 3 is 2.64 bits per heavy atom. The number of hydrogen-bond donors (Lipinski definition) is 1. The van der Waals surface area contributed by atoms with Crippen LogP contribution in [0.5, 0.6) is 5.75 Å². The highest BCUT2D eigenvalue weighted by Gasteiger charge is 2.14. The van der Waals surface area contributed by atoms with Crippen LogP contribution < -0.4 is 10.1 Å². The summed E-state index contributed by atoms with van der Waals surface area (Å²) < 4.78 is 7.16. The van der Waals surface area contributed by atoms with Gasteiger partial charge in [0.1, 0.15) is 5.75 Å². The van der Waals surface area contributed by atoms with Crippen molar-refractivity contribution in [1.82, 2.24) is 14.7 Å². The maximum Gasteiger partial charge on any atom is 0.238 e. The molecule has 0 bridgehead atoms. The number of carbonyl (C=O) groups is 1. The largest absolute Gasteiger partial charge is 0.495 e. The third kappa shape index (κ3) is 5.20. The van der Waals surface area contributed by atoms with Crippen LogP contribution in [0.25, 0.3) is 5.69 Å². The van der Waals surface area contributed by atoms with Crippen LogP contribution in [-0.2, 0) is 11.3 Å². The number of anilines is 1. The van der Waals surface area contributed by atoms with E-state index in [1.165, 1.54) is 0 Å². The van der Waals surface area contributed by atoms with E-state index in [0.717, 1.165) is 24.2 Å². The van der Waals surface area contributed by atoms with Crippen LogP contribution in [0.4, 0.5) is 5.69 Å². The van der Waals surface area contributed by atoms with Gasteiger partial charge in [0.2, 0.25) is 5.91 Å². The highest BCUT2D eigenvalue weighted by Crippen LogP contribution is 2.23. The highest BCUT2D eigenvalue weighted by molar-refractivity contribution is 5.93. The number of hydrogen-bond acceptors (Lipinski definition) is 4. The number of para-hydroxylation sites is 3. The second-order valence-electron chi connectivity index (χ2n) is 6.59. The fraction of sp³-hybridized carbons (Fsp3) is 0.273. The van der Waals surface area contributed by atoms with Gasteiger partial charge < -0.3 is 10.1 Å². The minimum absolute atomic E-state index is 0.0617. The number of methoxy groups -OCH3 is 1. The summed E-state index contributed by atoms with van der Waals surface area (Å²) in [4.78, 5) is 14.7. The average molecular weight is 378 g/mol. The van der Waals surface area contributed by atoms with Gasteiger partial charge in [-0.25, -0.2) is 4.68 Å². The first-order chi connectivity index (χ1) is 13.7. The van der Waals surface area contributed by atoms with E-state index in [9.17, 15) is 4.79 Å². The van der Waals surface area contributed by atoms with E-state index < -0.39 is 0 Å². The van der Waals surface area contributed by atoms with Crippen LogP contribution in [0, 0.1) is 0 Å². The monoisotopic (exact) mass is 378 g/mol. The van der Waals surface area contributed by atoms with Gasteiger partial charge in [0.25, 0.3) is 0 Å². The molecule has 0 fully saturated rings. The second-order valence-corrected chi connectivity index (χ2v) is 6.59. The summed E-state index contributed by atoms with van der Waals surface area (Å²) >= 11 is 0. The molecule has 0 aliphatic heterocycles. The van der Waals surface area contributed by atoms with Crippen LogP contribution >= 0.6 is 0 Å². The number of nitrogens with one attached hydrogen (secondary N) is 1. The van der Waals surface area contributed by atoms with Gasteiger partial charge in [-0.2, -0.15) is 5.10 Å². The first-order valence-electron chi connectivity index (χ1n) is 9.43. The van der Waals surface area contributed by atoms with E-state index in [-0.39, 0.29) is 5.91 Å². The van der Waals surface area contributed by atoms with Crippen molar-refractivity contribution in [3.05, 3.63) is 72.6 Å². The molecule has 1 amide bonds. The number of carbonyl (C=O) groups excluding carboxylic acids is 1. The van der Waals surface area contributed by atoms with Crippen molar-refractivity contribution in [1.29, 1.82) is 0 Å². The van der Waals surface area contributed by atoms with Gasteiger partial charge in [0.15, 0.2) is 0 Å². The van der Waals surface area contributed by atoms with Crippen molar-refractivity contribution in [2.24, 2.45) is 0 Å². The molecule has 28 heavy (non-hydrogen) atoms. The van der Waals surface area contributed by atoms with E-state index in [4.69, 9.17) is 4.74 Å². The van der Waals surface area contributed by atoms with Crippen molar-refractivity contribution in [3.63, 3.8) is 0 Å². The van der Waals surface area contributed by atoms with Gasteiger partial charge >= 0.3 is 0 Å². The van der Waals surface area contributed by atoms with Gasteiger partial charge in [-0.05, 0) is 37.2 Å². The predicted octanol–water partition coefficient (Wildman–Crippen LogP) is 3.73. The van der Waals surface area contributed by atoms with Crippen molar-refractivity contribution in [2.75, 3.05) is 25.5 Å². The molecule has 146 valence electrons. The van der Waals surface area contributed by atoms with Gasteiger partial charge in [0, 0.05) is 18.3 Å². The lowest BCUT2D eigenvalue weighted by Gasteiger charge is -2.20. The first kappa shape index (κ1) is 19.6.